The Kier molecular flexibility index (Phi) is 63.4. The molecule has 0 fully saturated rings. The maximum Gasteiger partial charge on any atom is 0.305 e. The second-order valence-electron chi connectivity index (χ2n) is 23.5. The Bertz CT molecular complexity index is 1170. The zero-order valence-electron chi connectivity index (χ0n) is 50.8. The van der Waals surface area contributed by atoms with Crippen LogP contribution in [0.2, 0.25) is 0 Å². The molecule has 444 valence electrons. The third-order valence-electron chi connectivity index (χ3n) is 16.0. The summed E-state index contributed by atoms with van der Waals surface area (Å²) in [7, 11) is 0. The topological polar surface area (TPSA) is 95.9 Å². The smallest absolute Gasteiger partial charge is 0.305 e. The molecule has 2 atom stereocenters. The van der Waals surface area contributed by atoms with Gasteiger partial charge in [0.15, 0.2) is 0 Å². The van der Waals surface area contributed by atoms with Crippen LogP contribution < -0.4 is 5.32 Å². The maximum atomic E-state index is 12.5. The molecule has 0 aromatic heterocycles. The fraction of sp³-hybridized carbons (Fsp3) is 0.913. The van der Waals surface area contributed by atoms with Gasteiger partial charge in [0.1, 0.15) is 0 Å². The Balaban J connectivity index is 3.40. The van der Waals surface area contributed by atoms with Crippen molar-refractivity contribution >= 4 is 11.9 Å². The SMILES string of the molecule is CCCCCCCCCCCCCCCCC/C=C/C(O)C(CO)NC(=O)CCCCCCCCCCCCC/C=C\CCCCCCCCCCCCCCOC(=O)CCCCCCCCCCCCCCCC. The van der Waals surface area contributed by atoms with Crippen molar-refractivity contribution in [2.75, 3.05) is 13.2 Å². The van der Waals surface area contributed by atoms with Crippen LogP contribution in [-0.4, -0.2) is 47.4 Å². The summed E-state index contributed by atoms with van der Waals surface area (Å²) in [6, 6.07) is -0.628. The highest BCUT2D eigenvalue weighted by molar-refractivity contribution is 5.76. The summed E-state index contributed by atoms with van der Waals surface area (Å²) in [4.78, 5) is 24.6. The van der Waals surface area contributed by atoms with Gasteiger partial charge in [-0.1, -0.05) is 334 Å². The average molecular weight is 1060 g/mol. The van der Waals surface area contributed by atoms with Gasteiger partial charge in [-0.25, -0.2) is 0 Å². The van der Waals surface area contributed by atoms with Gasteiger partial charge in [0.25, 0.3) is 0 Å². The Morgan fingerprint density at radius 2 is 0.627 bits per heavy atom. The summed E-state index contributed by atoms with van der Waals surface area (Å²) < 4.78 is 5.49. The predicted octanol–water partition coefficient (Wildman–Crippen LogP) is 21.8. The van der Waals surface area contributed by atoms with Crippen LogP contribution in [0.15, 0.2) is 24.3 Å². The minimum Gasteiger partial charge on any atom is -0.466 e. The summed E-state index contributed by atoms with van der Waals surface area (Å²) in [6.07, 6.45) is 81.0. The van der Waals surface area contributed by atoms with Gasteiger partial charge in [-0.15, -0.1) is 0 Å². The molecule has 0 heterocycles. The zero-order valence-corrected chi connectivity index (χ0v) is 50.8. The number of rotatable bonds is 64. The van der Waals surface area contributed by atoms with Crippen LogP contribution >= 0.6 is 0 Å². The third-order valence-corrected chi connectivity index (χ3v) is 16.0. The number of carbonyl (C=O) groups excluding carboxylic acids is 2. The van der Waals surface area contributed by atoms with Gasteiger partial charge in [0, 0.05) is 12.8 Å². The lowest BCUT2D eigenvalue weighted by Gasteiger charge is -2.20. The largest absolute Gasteiger partial charge is 0.466 e. The van der Waals surface area contributed by atoms with Crippen molar-refractivity contribution in [3.05, 3.63) is 24.3 Å². The lowest BCUT2D eigenvalue weighted by atomic mass is 10.0. The van der Waals surface area contributed by atoms with Crippen molar-refractivity contribution in [2.24, 2.45) is 0 Å². The monoisotopic (exact) mass is 1060 g/mol. The lowest BCUT2D eigenvalue weighted by molar-refractivity contribution is -0.143. The number of nitrogens with one attached hydrogen (secondary N) is 1. The van der Waals surface area contributed by atoms with E-state index in [-0.39, 0.29) is 18.5 Å². The first-order valence-electron chi connectivity index (χ1n) is 34.1. The van der Waals surface area contributed by atoms with Crippen LogP contribution in [0, 0.1) is 0 Å². The van der Waals surface area contributed by atoms with Gasteiger partial charge < -0.3 is 20.3 Å². The van der Waals surface area contributed by atoms with E-state index >= 15 is 0 Å². The van der Waals surface area contributed by atoms with Crippen molar-refractivity contribution in [3.8, 4) is 0 Å². The fourth-order valence-corrected chi connectivity index (χ4v) is 10.7. The van der Waals surface area contributed by atoms with Crippen molar-refractivity contribution < 1.29 is 24.5 Å². The van der Waals surface area contributed by atoms with E-state index in [1.54, 1.807) is 6.08 Å². The van der Waals surface area contributed by atoms with Crippen LogP contribution in [0.5, 0.6) is 0 Å². The molecule has 2 unspecified atom stereocenters. The molecule has 0 spiro atoms. The molecule has 1 amide bonds. The van der Waals surface area contributed by atoms with Crippen LogP contribution in [0.4, 0.5) is 0 Å². The summed E-state index contributed by atoms with van der Waals surface area (Å²) >= 11 is 0. The number of allylic oxidation sites excluding steroid dienone is 3. The number of amides is 1. The van der Waals surface area contributed by atoms with Crippen molar-refractivity contribution in [1.29, 1.82) is 0 Å². The molecule has 0 saturated heterocycles. The van der Waals surface area contributed by atoms with Gasteiger partial charge in [0.05, 0.1) is 25.4 Å². The molecular weight excluding hydrogens is 923 g/mol. The van der Waals surface area contributed by atoms with E-state index < -0.39 is 12.1 Å². The highest BCUT2D eigenvalue weighted by Crippen LogP contribution is 2.18. The van der Waals surface area contributed by atoms with Gasteiger partial charge in [-0.3, -0.25) is 9.59 Å². The summed E-state index contributed by atoms with van der Waals surface area (Å²) in [6.45, 7) is 4.94. The maximum absolute atomic E-state index is 12.5. The van der Waals surface area contributed by atoms with E-state index in [2.05, 4.69) is 31.3 Å². The number of esters is 1. The molecule has 0 aromatic carbocycles. The molecule has 75 heavy (non-hydrogen) atoms. The molecule has 3 N–H and O–H groups in total. The first-order valence-corrected chi connectivity index (χ1v) is 34.1. The molecule has 0 bridgehead atoms. The number of ether oxygens (including phenoxy) is 1. The minimum absolute atomic E-state index is 0.0176. The predicted molar refractivity (Wildman–Crippen MR) is 329 cm³/mol. The second kappa shape index (κ2) is 64.9. The average Bonchev–Trinajstić information content (AvgIpc) is 3.41. The van der Waals surface area contributed by atoms with E-state index in [1.165, 1.54) is 315 Å². The normalized spacial score (nSPS) is 12.6. The number of carbonyl (C=O) groups is 2. The van der Waals surface area contributed by atoms with E-state index in [0.717, 1.165) is 38.5 Å². The number of unbranched alkanes of at least 4 members (excludes halogenated alkanes) is 51. The highest BCUT2D eigenvalue weighted by atomic mass is 16.5. The molecule has 0 aliphatic carbocycles. The molecule has 0 aromatic rings. The quantitative estimate of drug-likeness (QED) is 0.0320. The minimum atomic E-state index is -0.845. The first-order chi connectivity index (χ1) is 37.0. The number of aliphatic hydroxyl groups excluding tert-OH is 2. The molecule has 0 radical (unpaired) electrons. The summed E-state index contributed by atoms with van der Waals surface area (Å²) in [5, 5.41) is 23.2. The number of hydrogen-bond donors (Lipinski definition) is 3. The van der Waals surface area contributed by atoms with Gasteiger partial charge in [0.2, 0.25) is 5.91 Å². The van der Waals surface area contributed by atoms with Gasteiger partial charge >= 0.3 is 5.97 Å². The molecule has 6 heteroatoms. The Hall–Kier alpha value is -1.66. The summed E-state index contributed by atoms with van der Waals surface area (Å²) in [5.74, 6) is -0.0483. The van der Waals surface area contributed by atoms with Gasteiger partial charge in [-0.05, 0) is 57.8 Å². The molecule has 0 saturated carbocycles. The van der Waals surface area contributed by atoms with E-state index in [0.29, 0.717) is 19.4 Å². The number of hydrogen-bond acceptors (Lipinski definition) is 5. The van der Waals surface area contributed by atoms with E-state index in [1.807, 2.05) is 6.08 Å². The van der Waals surface area contributed by atoms with Crippen LogP contribution in [0.25, 0.3) is 0 Å². The lowest BCUT2D eigenvalue weighted by Crippen LogP contribution is -2.45. The van der Waals surface area contributed by atoms with Crippen molar-refractivity contribution in [1.82, 2.24) is 5.32 Å². The Labute approximate surface area is 469 Å². The Morgan fingerprint density at radius 3 is 0.947 bits per heavy atom. The Morgan fingerprint density at radius 1 is 0.360 bits per heavy atom. The molecule has 6 nitrogen and oxygen atoms in total. The molecule has 0 aliphatic heterocycles. The molecule has 0 rings (SSSR count). The fourth-order valence-electron chi connectivity index (χ4n) is 10.7. The molecule has 0 aliphatic rings. The van der Waals surface area contributed by atoms with E-state index in [4.69, 9.17) is 4.74 Å². The standard InChI is InChI=1S/C69H133NO5/c1-3-5-7-9-11-13-15-17-19-31-34-37-41-45-49-53-57-61-67(72)66(65-71)70-68(73)62-58-54-50-46-42-38-35-32-29-27-25-23-21-20-22-24-26-28-30-33-36-40-44-48-52-56-60-64-75-69(74)63-59-55-51-47-43-39-18-16-14-12-10-8-6-4-2/h20-21,57,61,66-67,71-72H,3-19,22-56,58-60,62-65H2,1-2H3,(H,70,73)/b21-20-,61-57+. The zero-order chi connectivity index (χ0) is 54.3. The van der Waals surface area contributed by atoms with Crippen LogP contribution in [-0.2, 0) is 14.3 Å². The van der Waals surface area contributed by atoms with Crippen molar-refractivity contribution in [3.63, 3.8) is 0 Å². The third kappa shape index (κ3) is 61.4. The summed E-state index contributed by atoms with van der Waals surface area (Å²) in [5.41, 5.74) is 0. The van der Waals surface area contributed by atoms with Crippen LogP contribution in [0.3, 0.4) is 0 Å². The van der Waals surface area contributed by atoms with E-state index in [9.17, 15) is 19.8 Å². The van der Waals surface area contributed by atoms with Crippen molar-refractivity contribution in [2.45, 2.75) is 392 Å². The first kappa shape index (κ1) is 73.3. The second-order valence-corrected chi connectivity index (χ2v) is 23.5. The molecular formula is C69H133NO5. The van der Waals surface area contributed by atoms with Crippen LogP contribution in [0.1, 0.15) is 380 Å². The number of aliphatic hydroxyl groups is 2. The highest BCUT2D eigenvalue weighted by Gasteiger charge is 2.18. The van der Waals surface area contributed by atoms with Gasteiger partial charge in [-0.2, -0.15) is 0 Å².